The van der Waals surface area contributed by atoms with Gasteiger partial charge in [0.25, 0.3) is 0 Å². The molecule has 0 atom stereocenters. The van der Waals surface area contributed by atoms with Crippen molar-refractivity contribution >= 4 is 17.5 Å². The lowest BCUT2D eigenvalue weighted by Crippen LogP contribution is -2.27. The summed E-state index contributed by atoms with van der Waals surface area (Å²) in [6.07, 6.45) is 2.45. The lowest BCUT2D eigenvalue weighted by molar-refractivity contribution is -0.121. The van der Waals surface area contributed by atoms with Crippen LogP contribution in [0.4, 0.5) is 5.69 Å². The minimum atomic E-state index is -0.191. The van der Waals surface area contributed by atoms with Gasteiger partial charge in [-0.2, -0.15) is 0 Å². The van der Waals surface area contributed by atoms with Crippen LogP contribution in [0.3, 0.4) is 0 Å². The number of aryl methyl sites for hydroxylation is 1. The summed E-state index contributed by atoms with van der Waals surface area (Å²) in [6.45, 7) is 3.47. The van der Waals surface area contributed by atoms with Gasteiger partial charge in [0.1, 0.15) is 5.69 Å². The van der Waals surface area contributed by atoms with Gasteiger partial charge in [-0.1, -0.05) is 0 Å². The fourth-order valence-electron chi connectivity index (χ4n) is 2.15. The summed E-state index contributed by atoms with van der Waals surface area (Å²) >= 11 is 0. The fourth-order valence-corrected chi connectivity index (χ4v) is 2.15. The molecule has 11 nitrogen and oxygen atoms in total. The summed E-state index contributed by atoms with van der Waals surface area (Å²) in [6, 6.07) is 3.36. The minimum absolute atomic E-state index is 0.115. The zero-order valence-electron chi connectivity index (χ0n) is 15.7. The van der Waals surface area contributed by atoms with Gasteiger partial charge in [-0.25, -0.2) is 0 Å². The molecule has 2 rings (SSSR count). The molecule has 0 spiro atoms. The molecular formula is C17H24N8O3. The van der Waals surface area contributed by atoms with E-state index in [-0.39, 0.29) is 24.7 Å². The number of anilines is 1. The van der Waals surface area contributed by atoms with Crippen molar-refractivity contribution in [1.29, 1.82) is 0 Å². The molecule has 0 aromatic carbocycles. The van der Waals surface area contributed by atoms with Crippen LogP contribution in [0.2, 0.25) is 0 Å². The van der Waals surface area contributed by atoms with Gasteiger partial charge in [0.05, 0.1) is 25.1 Å². The Bertz CT molecular complexity index is 752. The third kappa shape index (κ3) is 7.68. The van der Waals surface area contributed by atoms with Crippen LogP contribution >= 0.6 is 0 Å². The van der Waals surface area contributed by atoms with Crippen LogP contribution in [0.15, 0.2) is 18.3 Å². The number of carbonyl (C=O) groups excluding carboxylic acids is 2. The topological polar surface area (TPSA) is 158 Å². The molecule has 2 aromatic rings. The lowest BCUT2D eigenvalue weighted by Gasteiger charge is -2.07. The molecule has 2 heterocycles. The smallest absolute Gasteiger partial charge is 0.224 e. The third-order valence-electron chi connectivity index (χ3n) is 3.49. The van der Waals surface area contributed by atoms with Crippen LogP contribution < -0.4 is 16.4 Å². The van der Waals surface area contributed by atoms with Crippen molar-refractivity contribution < 1.29 is 14.3 Å². The van der Waals surface area contributed by atoms with E-state index in [4.69, 9.17) is 10.5 Å². The lowest BCUT2D eigenvalue weighted by atomic mass is 10.2. The van der Waals surface area contributed by atoms with Crippen molar-refractivity contribution in [2.75, 3.05) is 31.6 Å². The maximum absolute atomic E-state index is 12.0. The second-order valence-corrected chi connectivity index (χ2v) is 5.86. The molecule has 0 radical (unpaired) electrons. The molecule has 0 aliphatic carbocycles. The molecule has 0 bridgehead atoms. The van der Waals surface area contributed by atoms with Gasteiger partial charge in [-0.05, 0) is 25.5 Å². The highest BCUT2D eigenvalue weighted by molar-refractivity contribution is 5.90. The first kappa shape index (κ1) is 21.3. The molecular weight excluding hydrogens is 364 g/mol. The molecule has 0 aliphatic rings. The SMILES string of the molecule is Cc1nnc(-c2ccc(NC(=O)CCCC(=O)NCCOCCN)cn2)nn1. The van der Waals surface area contributed by atoms with E-state index >= 15 is 0 Å². The quantitative estimate of drug-likeness (QED) is 0.445. The van der Waals surface area contributed by atoms with E-state index in [2.05, 4.69) is 36.0 Å². The Balaban J connectivity index is 1.67. The van der Waals surface area contributed by atoms with Crippen molar-refractivity contribution in [3.8, 4) is 11.5 Å². The Kier molecular flexibility index (Phi) is 8.82. The molecule has 2 aromatic heterocycles. The van der Waals surface area contributed by atoms with Gasteiger partial charge in [0.15, 0.2) is 5.82 Å². The number of pyridine rings is 1. The number of nitrogens with zero attached hydrogens (tertiary/aromatic N) is 5. The molecule has 0 saturated heterocycles. The van der Waals surface area contributed by atoms with E-state index in [9.17, 15) is 9.59 Å². The van der Waals surface area contributed by atoms with E-state index in [0.717, 1.165) is 0 Å². The largest absolute Gasteiger partial charge is 0.378 e. The highest BCUT2D eigenvalue weighted by atomic mass is 16.5. The number of hydrogen-bond acceptors (Lipinski definition) is 9. The first-order chi connectivity index (χ1) is 13.6. The monoisotopic (exact) mass is 388 g/mol. The standard InChI is InChI=1S/C17H24N8O3/c1-12-22-24-17(25-23-12)14-6-5-13(11-20-14)21-16(27)4-2-3-15(26)19-8-10-28-9-7-18/h5-6,11H,2-4,7-10,18H2,1H3,(H,19,26)(H,21,27). The highest BCUT2D eigenvalue weighted by Crippen LogP contribution is 2.13. The van der Waals surface area contributed by atoms with Crippen LogP contribution in [0, 0.1) is 6.92 Å². The molecule has 0 fully saturated rings. The summed E-state index contributed by atoms with van der Waals surface area (Å²) in [7, 11) is 0. The van der Waals surface area contributed by atoms with Crippen LogP contribution in [0.5, 0.6) is 0 Å². The first-order valence-corrected chi connectivity index (χ1v) is 8.93. The van der Waals surface area contributed by atoms with Crippen molar-refractivity contribution in [2.24, 2.45) is 5.73 Å². The number of nitrogens with two attached hydrogens (primary N) is 1. The van der Waals surface area contributed by atoms with Crippen LogP contribution in [-0.2, 0) is 14.3 Å². The number of rotatable bonds is 11. The number of hydrogen-bond donors (Lipinski definition) is 3. The Morgan fingerprint density at radius 1 is 1.07 bits per heavy atom. The van der Waals surface area contributed by atoms with E-state index < -0.39 is 0 Å². The fraction of sp³-hybridized carbons (Fsp3) is 0.471. The molecule has 2 amide bonds. The molecule has 0 saturated carbocycles. The number of amides is 2. The number of carbonyl (C=O) groups is 2. The van der Waals surface area contributed by atoms with E-state index in [1.807, 2.05) is 0 Å². The summed E-state index contributed by atoms with van der Waals surface area (Å²) in [5.74, 6) is 0.475. The van der Waals surface area contributed by atoms with Gasteiger partial charge in [-0.3, -0.25) is 14.6 Å². The summed E-state index contributed by atoms with van der Waals surface area (Å²) in [4.78, 5) is 27.8. The van der Waals surface area contributed by atoms with Crippen LogP contribution in [0.1, 0.15) is 25.1 Å². The number of aromatic nitrogens is 5. The van der Waals surface area contributed by atoms with Gasteiger partial charge in [0.2, 0.25) is 17.6 Å². The molecule has 0 unspecified atom stereocenters. The van der Waals surface area contributed by atoms with Crippen molar-refractivity contribution in [3.63, 3.8) is 0 Å². The Morgan fingerprint density at radius 2 is 1.82 bits per heavy atom. The summed E-state index contributed by atoms with van der Waals surface area (Å²) in [5.41, 5.74) is 6.34. The average Bonchev–Trinajstić information content (AvgIpc) is 2.69. The Hall–Kier alpha value is -3.05. The summed E-state index contributed by atoms with van der Waals surface area (Å²) in [5, 5.41) is 20.9. The number of nitrogens with one attached hydrogen (secondary N) is 2. The van der Waals surface area contributed by atoms with Gasteiger partial charge in [-0.15, -0.1) is 20.4 Å². The second kappa shape index (κ2) is 11.6. The van der Waals surface area contributed by atoms with Crippen LogP contribution in [0.25, 0.3) is 11.5 Å². The number of ether oxygens (including phenoxy) is 1. The van der Waals surface area contributed by atoms with Crippen molar-refractivity contribution in [3.05, 3.63) is 24.2 Å². The minimum Gasteiger partial charge on any atom is -0.378 e. The van der Waals surface area contributed by atoms with Crippen LogP contribution in [-0.4, -0.2) is 63.5 Å². The van der Waals surface area contributed by atoms with Crippen molar-refractivity contribution in [1.82, 2.24) is 30.7 Å². The predicted octanol–water partition coefficient (Wildman–Crippen LogP) is -0.163. The van der Waals surface area contributed by atoms with Gasteiger partial charge >= 0.3 is 0 Å². The van der Waals surface area contributed by atoms with E-state index in [1.165, 1.54) is 6.20 Å². The first-order valence-electron chi connectivity index (χ1n) is 8.93. The van der Waals surface area contributed by atoms with Gasteiger partial charge in [0, 0.05) is 25.9 Å². The molecule has 28 heavy (non-hydrogen) atoms. The Morgan fingerprint density at radius 3 is 2.50 bits per heavy atom. The van der Waals surface area contributed by atoms with Crippen molar-refractivity contribution in [2.45, 2.75) is 26.2 Å². The van der Waals surface area contributed by atoms with Gasteiger partial charge < -0.3 is 21.1 Å². The maximum atomic E-state index is 12.0. The van der Waals surface area contributed by atoms with E-state index in [1.54, 1.807) is 19.1 Å². The normalized spacial score (nSPS) is 10.5. The molecule has 11 heteroatoms. The highest BCUT2D eigenvalue weighted by Gasteiger charge is 2.08. The third-order valence-corrected chi connectivity index (χ3v) is 3.49. The molecule has 150 valence electrons. The Labute approximate surface area is 162 Å². The molecule has 0 aliphatic heterocycles. The average molecular weight is 388 g/mol. The predicted molar refractivity (Wildman–Crippen MR) is 101 cm³/mol. The zero-order valence-corrected chi connectivity index (χ0v) is 15.7. The maximum Gasteiger partial charge on any atom is 0.224 e. The summed E-state index contributed by atoms with van der Waals surface area (Å²) < 4.78 is 5.16. The van der Waals surface area contributed by atoms with E-state index in [0.29, 0.717) is 55.8 Å². The molecule has 4 N–H and O–H groups in total. The zero-order chi connectivity index (χ0) is 20.2. The second-order valence-electron chi connectivity index (χ2n) is 5.86.